The summed E-state index contributed by atoms with van der Waals surface area (Å²) in [5, 5.41) is 2.92. The van der Waals surface area contributed by atoms with Gasteiger partial charge in [-0.3, -0.25) is 4.79 Å². The molecule has 0 spiro atoms. The lowest BCUT2D eigenvalue weighted by Gasteiger charge is -2.10. The molecule has 0 aliphatic heterocycles. The average Bonchev–Trinajstić information content (AvgIpc) is 2.75. The van der Waals surface area contributed by atoms with E-state index in [-0.39, 0.29) is 5.91 Å². The highest BCUT2D eigenvalue weighted by atomic mass is 79.9. The average molecular weight is 336 g/mol. The summed E-state index contributed by atoms with van der Waals surface area (Å²) in [6, 6.07) is 7.54. The van der Waals surface area contributed by atoms with Crippen LogP contribution in [0.2, 0.25) is 0 Å². The molecule has 2 rings (SSSR count). The van der Waals surface area contributed by atoms with Crippen molar-refractivity contribution in [3.05, 3.63) is 46.2 Å². The molecule has 0 aliphatic carbocycles. The minimum absolute atomic E-state index is 0.151. The van der Waals surface area contributed by atoms with Gasteiger partial charge in [-0.25, -0.2) is 0 Å². The molecule has 0 fully saturated rings. The number of aryl methyl sites for hydroxylation is 2. The molecule has 3 N–H and O–H groups in total. The summed E-state index contributed by atoms with van der Waals surface area (Å²) in [5.41, 5.74) is 8.82. The Balaban J connectivity index is 2.26. The number of nitrogens with two attached hydrogens (primary N) is 1. The second-order valence-corrected chi connectivity index (χ2v) is 5.64. The van der Waals surface area contributed by atoms with Crippen LogP contribution in [0.5, 0.6) is 0 Å². The number of nitrogens with zero attached hydrogens (tertiary/aromatic N) is 1. The fourth-order valence-corrected chi connectivity index (χ4v) is 2.42. The number of nitrogens with one attached hydrogen (secondary N) is 1. The monoisotopic (exact) mass is 335 g/mol. The van der Waals surface area contributed by atoms with Gasteiger partial charge in [0.1, 0.15) is 5.69 Å². The van der Waals surface area contributed by atoms with Crippen LogP contribution in [0.15, 0.2) is 34.9 Å². The number of amides is 1. The summed E-state index contributed by atoms with van der Waals surface area (Å²) in [7, 11) is 0. The standard InChI is InChI=1S/C15H18BrN3O/c1-3-6-19-9-11(17)8-14(19)15(20)18-13-7-10(2)4-5-12(13)16/h4-5,7-9H,3,6,17H2,1-2H3,(H,18,20). The van der Waals surface area contributed by atoms with E-state index >= 15 is 0 Å². The van der Waals surface area contributed by atoms with Crippen LogP contribution in [-0.4, -0.2) is 10.5 Å². The molecular formula is C15H18BrN3O. The molecule has 0 saturated heterocycles. The highest BCUT2D eigenvalue weighted by molar-refractivity contribution is 9.10. The van der Waals surface area contributed by atoms with Gasteiger partial charge in [0, 0.05) is 17.2 Å². The van der Waals surface area contributed by atoms with E-state index in [1.807, 2.05) is 29.7 Å². The third-order valence-electron chi connectivity index (χ3n) is 2.98. The van der Waals surface area contributed by atoms with Crippen LogP contribution < -0.4 is 11.1 Å². The quantitative estimate of drug-likeness (QED) is 0.892. The fourth-order valence-electron chi connectivity index (χ4n) is 2.07. The van der Waals surface area contributed by atoms with Crippen LogP contribution in [0.1, 0.15) is 29.4 Å². The van der Waals surface area contributed by atoms with Gasteiger partial charge >= 0.3 is 0 Å². The van der Waals surface area contributed by atoms with Crippen molar-refractivity contribution < 1.29 is 4.79 Å². The molecule has 1 amide bonds. The second kappa shape index (κ2) is 6.13. The normalized spacial score (nSPS) is 10.6. The molecule has 0 bridgehead atoms. The van der Waals surface area contributed by atoms with Crippen molar-refractivity contribution in [2.75, 3.05) is 11.1 Å². The molecule has 5 heteroatoms. The molecule has 20 heavy (non-hydrogen) atoms. The Hall–Kier alpha value is -1.75. The number of carbonyl (C=O) groups is 1. The summed E-state index contributed by atoms with van der Waals surface area (Å²) in [6.07, 6.45) is 2.74. The van der Waals surface area contributed by atoms with Crippen molar-refractivity contribution in [1.29, 1.82) is 0 Å². The number of aromatic nitrogens is 1. The molecule has 1 aromatic heterocycles. The highest BCUT2D eigenvalue weighted by Crippen LogP contribution is 2.24. The van der Waals surface area contributed by atoms with Crippen LogP contribution >= 0.6 is 15.9 Å². The summed E-state index contributed by atoms with van der Waals surface area (Å²) in [4.78, 5) is 12.4. The van der Waals surface area contributed by atoms with Gasteiger partial charge in [0.2, 0.25) is 0 Å². The Morgan fingerprint density at radius 3 is 2.85 bits per heavy atom. The number of nitrogen functional groups attached to an aromatic ring is 1. The third kappa shape index (κ3) is 3.22. The predicted molar refractivity (Wildman–Crippen MR) is 86.0 cm³/mol. The van der Waals surface area contributed by atoms with Gasteiger partial charge < -0.3 is 15.6 Å². The van der Waals surface area contributed by atoms with Gasteiger partial charge in [-0.05, 0) is 53.0 Å². The first-order chi connectivity index (χ1) is 9.51. The number of hydrogen-bond donors (Lipinski definition) is 2. The van der Waals surface area contributed by atoms with Crippen LogP contribution in [0.25, 0.3) is 0 Å². The lowest BCUT2D eigenvalue weighted by atomic mass is 10.2. The molecule has 4 nitrogen and oxygen atoms in total. The lowest BCUT2D eigenvalue weighted by molar-refractivity contribution is 0.101. The third-order valence-corrected chi connectivity index (χ3v) is 3.68. The van der Waals surface area contributed by atoms with E-state index in [9.17, 15) is 4.79 Å². The van der Waals surface area contributed by atoms with Gasteiger partial charge in [0.15, 0.2) is 0 Å². The number of benzene rings is 1. The van der Waals surface area contributed by atoms with Crippen molar-refractivity contribution in [2.24, 2.45) is 0 Å². The Morgan fingerprint density at radius 1 is 1.40 bits per heavy atom. The number of halogens is 1. The maximum absolute atomic E-state index is 12.4. The van der Waals surface area contributed by atoms with E-state index in [0.717, 1.165) is 28.7 Å². The Bertz CT molecular complexity index is 634. The van der Waals surface area contributed by atoms with E-state index < -0.39 is 0 Å². The van der Waals surface area contributed by atoms with Crippen LogP contribution in [-0.2, 0) is 6.54 Å². The SMILES string of the molecule is CCCn1cc(N)cc1C(=O)Nc1cc(C)ccc1Br. The smallest absolute Gasteiger partial charge is 0.272 e. The lowest BCUT2D eigenvalue weighted by Crippen LogP contribution is -2.17. The number of anilines is 2. The molecule has 1 aromatic carbocycles. The molecular weight excluding hydrogens is 318 g/mol. The zero-order chi connectivity index (χ0) is 14.7. The summed E-state index contributed by atoms with van der Waals surface area (Å²) in [5.74, 6) is -0.151. The van der Waals surface area contributed by atoms with Crippen molar-refractivity contribution in [2.45, 2.75) is 26.8 Å². The van der Waals surface area contributed by atoms with E-state index in [2.05, 4.69) is 28.2 Å². The summed E-state index contributed by atoms with van der Waals surface area (Å²) >= 11 is 3.44. The van der Waals surface area contributed by atoms with Crippen molar-refractivity contribution >= 4 is 33.2 Å². The Labute approximate surface area is 127 Å². The second-order valence-electron chi connectivity index (χ2n) is 4.79. The van der Waals surface area contributed by atoms with Crippen molar-refractivity contribution in [1.82, 2.24) is 4.57 Å². The minimum atomic E-state index is -0.151. The van der Waals surface area contributed by atoms with Gasteiger partial charge in [0.25, 0.3) is 5.91 Å². The van der Waals surface area contributed by atoms with Crippen molar-refractivity contribution in [3.63, 3.8) is 0 Å². The first-order valence-corrected chi connectivity index (χ1v) is 7.33. The largest absolute Gasteiger partial charge is 0.397 e. The Morgan fingerprint density at radius 2 is 2.15 bits per heavy atom. The maximum Gasteiger partial charge on any atom is 0.272 e. The van der Waals surface area contributed by atoms with Gasteiger partial charge in [0.05, 0.1) is 11.4 Å². The first-order valence-electron chi connectivity index (χ1n) is 6.54. The number of carbonyl (C=O) groups excluding carboxylic acids is 1. The van der Waals surface area contributed by atoms with E-state index in [0.29, 0.717) is 11.4 Å². The van der Waals surface area contributed by atoms with E-state index in [1.54, 1.807) is 12.3 Å². The Kier molecular flexibility index (Phi) is 4.49. The van der Waals surface area contributed by atoms with Crippen LogP contribution in [0.4, 0.5) is 11.4 Å². The summed E-state index contributed by atoms with van der Waals surface area (Å²) < 4.78 is 2.74. The maximum atomic E-state index is 12.4. The van der Waals surface area contributed by atoms with Gasteiger partial charge in [-0.15, -0.1) is 0 Å². The van der Waals surface area contributed by atoms with Crippen LogP contribution in [0, 0.1) is 6.92 Å². The van der Waals surface area contributed by atoms with E-state index in [1.165, 1.54) is 0 Å². The molecule has 0 aliphatic rings. The topological polar surface area (TPSA) is 60.0 Å². The highest BCUT2D eigenvalue weighted by Gasteiger charge is 2.14. The molecule has 1 heterocycles. The van der Waals surface area contributed by atoms with Crippen LogP contribution in [0.3, 0.4) is 0 Å². The van der Waals surface area contributed by atoms with Gasteiger partial charge in [-0.2, -0.15) is 0 Å². The van der Waals surface area contributed by atoms with Gasteiger partial charge in [-0.1, -0.05) is 13.0 Å². The zero-order valence-electron chi connectivity index (χ0n) is 11.6. The first kappa shape index (κ1) is 14.7. The zero-order valence-corrected chi connectivity index (χ0v) is 13.2. The summed E-state index contributed by atoms with van der Waals surface area (Å²) in [6.45, 7) is 4.82. The molecule has 106 valence electrons. The molecule has 0 unspecified atom stereocenters. The molecule has 0 atom stereocenters. The minimum Gasteiger partial charge on any atom is -0.397 e. The predicted octanol–water partition coefficient (Wildman–Crippen LogP) is 3.80. The fraction of sp³-hybridized carbons (Fsp3) is 0.267. The molecule has 0 radical (unpaired) electrons. The number of rotatable bonds is 4. The van der Waals surface area contributed by atoms with E-state index in [4.69, 9.17) is 5.73 Å². The molecule has 2 aromatic rings. The molecule has 0 saturated carbocycles. The van der Waals surface area contributed by atoms with Crippen molar-refractivity contribution in [3.8, 4) is 0 Å². The number of hydrogen-bond acceptors (Lipinski definition) is 2.